The predicted molar refractivity (Wildman–Crippen MR) is 108 cm³/mol. The number of nitrogens with one attached hydrogen (secondary N) is 2. The van der Waals surface area contributed by atoms with Gasteiger partial charge in [0.2, 0.25) is 0 Å². The Kier molecular flexibility index (Phi) is 7.41. The third kappa shape index (κ3) is 6.04. The molecule has 0 aliphatic heterocycles. The van der Waals surface area contributed by atoms with E-state index in [2.05, 4.69) is 10.6 Å². The molecule has 138 valence electrons. The van der Waals surface area contributed by atoms with Crippen LogP contribution in [0.2, 0.25) is 0 Å². The smallest absolute Gasteiger partial charge is 0.261 e. The number of benzene rings is 2. The number of hydrogen-bond donors (Lipinski definition) is 2. The van der Waals surface area contributed by atoms with Gasteiger partial charge in [0.1, 0.15) is 11.5 Å². The van der Waals surface area contributed by atoms with Gasteiger partial charge in [0.15, 0.2) is 5.11 Å². The molecule has 0 heterocycles. The molecule has 0 aromatic heterocycles. The first-order valence-corrected chi connectivity index (χ1v) is 9.01. The Balaban J connectivity index is 2.01. The Morgan fingerprint density at radius 2 is 1.92 bits per heavy atom. The van der Waals surface area contributed by atoms with Crippen molar-refractivity contribution in [1.82, 2.24) is 5.32 Å². The molecular formula is C20H24N2O3S. The summed E-state index contributed by atoms with van der Waals surface area (Å²) in [5.74, 6) is 0.961. The molecule has 5 nitrogen and oxygen atoms in total. The van der Waals surface area contributed by atoms with Gasteiger partial charge in [-0.2, -0.15) is 0 Å². The number of hydrogen-bond acceptors (Lipinski definition) is 4. The molecule has 2 aromatic rings. The van der Waals surface area contributed by atoms with E-state index in [1.165, 1.54) is 0 Å². The summed E-state index contributed by atoms with van der Waals surface area (Å²) in [5, 5.41) is 5.89. The Hall–Kier alpha value is -2.60. The van der Waals surface area contributed by atoms with E-state index in [-0.39, 0.29) is 17.1 Å². The zero-order valence-corrected chi connectivity index (χ0v) is 16.1. The quantitative estimate of drug-likeness (QED) is 0.706. The van der Waals surface area contributed by atoms with Crippen molar-refractivity contribution in [2.24, 2.45) is 0 Å². The van der Waals surface area contributed by atoms with Crippen molar-refractivity contribution >= 4 is 28.9 Å². The van der Waals surface area contributed by atoms with E-state index in [0.717, 1.165) is 17.9 Å². The second-order valence-electron chi connectivity index (χ2n) is 5.95. The second-order valence-corrected chi connectivity index (χ2v) is 6.36. The summed E-state index contributed by atoms with van der Waals surface area (Å²) in [6.07, 6.45) is 0.946. The first kappa shape index (κ1) is 19.7. The van der Waals surface area contributed by atoms with Crippen molar-refractivity contribution in [3.05, 3.63) is 54.1 Å². The van der Waals surface area contributed by atoms with Gasteiger partial charge in [-0.25, -0.2) is 0 Å². The summed E-state index contributed by atoms with van der Waals surface area (Å²) < 4.78 is 11.3. The molecule has 2 N–H and O–H groups in total. The van der Waals surface area contributed by atoms with Gasteiger partial charge >= 0.3 is 0 Å². The maximum Gasteiger partial charge on any atom is 0.261 e. The normalized spacial score (nSPS) is 10.3. The first-order chi connectivity index (χ1) is 12.5. The lowest BCUT2D eigenvalue weighted by molar-refractivity contribution is 0.0973. The minimum Gasteiger partial charge on any atom is -0.493 e. The van der Waals surface area contributed by atoms with Gasteiger partial charge in [-0.1, -0.05) is 25.1 Å². The number of carbonyl (C=O) groups is 1. The molecule has 0 radical (unpaired) electrons. The Morgan fingerprint density at radius 3 is 2.65 bits per heavy atom. The van der Waals surface area contributed by atoms with Crippen LogP contribution in [0.3, 0.4) is 0 Å². The lowest BCUT2D eigenvalue weighted by Crippen LogP contribution is -2.34. The van der Waals surface area contributed by atoms with Crippen LogP contribution in [0, 0.1) is 0 Å². The highest BCUT2D eigenvalue weighted by Crippen LogP contribution is 2.20. The number of ether oxygens (including phenoxy) is 2. The van der Waals surface area contributed by atoms with Crippen LogP contribution in [0.25, 0.3) is 0 Å². The molecule has 0 aliphatic rings. The number of rotatable bonds is 7. The third-order valence-corrected chi connectivity index (χ3v) is 3.49. The van der Waals surface area contributed by atoms with Gasteiger partial charge < -0.3 is 14.8 Å². The highest BCUT2D eigenvalue weighted by Gasteiger charge is 2.13. The SMILES string of the molecule is CCCOc1ccccc1C(=O)NC(=S)Nc1cccc(OC(C)C)c1. The standard InChI is InChI=1S/C20H24N2O3S/c1-4-12-24-18-11-6-5-10-17(18)19(23)22-20(26)21-15-8-7-9-16(13-15)25-14(2)3/h5-11,13-14H,4,12H2,1-3H3,(H2,21,22,23,26). The average Bonchev–Trinajstić information content (AvgIpc) is 2.59. The number of thiocarbonyl (C=S) groups is 1. The Morgan fingerprint density at radius 1 is 1.15 bits per heavy atom. The van der Waals surface area contributed by atoms with Crippen LogP contribution < -0.4 is 20.1 Å². The van der Waals surface area contributed by atoms with Crippen LogP contribution >= 0.6 is 12.2 Å². The molecular weight excluding hydrogens is 348 g/mol. The van der Waals surface area contributed by atoms with Gasteiger partial charge in [0.05, 0.1) is 18.3 Å². The lowest BCUT2D eigenvalue weighted by atomic mass is 10.2. The Bertz CT molecular complexity index is 762. The second kappa shape index (κ2) is 9.77. The van der Waals surface area contributed by atoms with Crippen LogP contribution in [-0.2, 0) is 0 Å². The predicted octanol–water partition coefficient (Wildman–Crippen LogP) is 4.39. The molecule has 0 unspecified atom stereocenters. The van der Waals surface area contributed by atoms with E-state index < -0.39 is 0 Å². The molecule has 6 heteroatoms. The summed E-state index contributed by atoms with van der Waals surface area (Å²) in [6, 6.07) is 14.5. The van der Waals surface area contributed by atoms with Crippen molar-refractivity contribution in [3.8, 4) is 11.5 Å². The molecule has 26 heavy (non-hydrogen) atoms. The molecule has 1 amide bonds. The fourth-order valence-corrected chi connectivity index (χ4v) is 2.45. The summed E-state index contributed by atoms with van der Waals surface area (Å²) in [7, 11) is 0. The zero-order valence-electron chi connectivity index (χ0n) is 15.2. The van der Waals surface area contributed by atoms with Gasteiger partial charge in [0.25, 0.3) is 5.91 Å². The van der Waals surface area contributed by atoms with E-state index in [9.17, 15) is 4.79 Å². The van der Waals surface area contributed by atoms with Crippen LogP contribution in [0.15, 0.2) is 48.5 Å². The minimum atomic E-state index is -0.316. The molecule has 0 bridgehead atoms. The lowest BCUT2D eigenvalue weighted by Gasteiger charge is -2.14. The summed E-state index contributed by atoms with van der Waals surface area (Å²) >= 11 is 5.25. The Labute approximate surface area is 159 Å². The third-order valence-electron chi connectivity index (χ3n) is 3.28. The fourth-order valence-electron chi connectivity index (χ4n) is 2.24. The minimum absolute atomic E-state index is 0.0801. The van der Waals surface area contributed by atoms with E-state index in [4.69, 9.17) is 21.7 Å². The summed E-state index contributed by atoms with van der Waals surface area (Å²) in [4.78, 5) is 12.5. The molecule has 0 fully saturated rings. The monoisotopic (exact) mass is 372 g/mol. The van der Waals surface area contributed by atoms with Gasteiger partial charge in [-0.3, -0.25) is 10.1 Å². The topological polar surface area (TPSA) is 59.6 Å². The van der Waals surface area contributed by atoms with E-state index in [1.807, 2.05) is 51.1 Å². The van der Waals surface area contributed by atoms with Gasteiger partial charge in [0, 0.05) is 11.8 Å². The van der Waals surface area contributed by atoms with Crippen molar-refractivity contribution < 1.29 is 14.3 Å². The van der Waals surface area contributed by atoms with Crippen molar-refractivity contribution in [1.29, 1.82) is 0 Å². The van der Waals surface area contributed by atoms with E-state index in [0.29, 0.717) is 17.9 Å². The van der Waals surface area contributed by atoms with Gasteiger partial charge in [-0.15, -0.1) is 0 Å². The van der Waals surface area contributed by atoms with Crippen LogP contribution in [0.4, 0.5) is 5.69 Å². The maximum atomic E-state index is 12.5. The van der Waals surface area contributed by atoms with Gasteiger partial charge in [-0.05, 0) is 56.8 Å². The molecule has 2 rings (SSSR count). The van der Waals surface area contributed by atoms with Crippen molar-refractivity contribution in [2.75, 3.05) is 11.9 Å². The number of anilines is 1. The van der Waals surface area contributed by atoms with E-state index >= 15 is 0 Å². The number of carbonyl (C=O) groups excluding carboxylic acids is 1. The summed E-state index contributed by atoms with van der Waals surface area (Å²) in [5.41, 5.74) is 1.19. The first-order valence-electron chi connectivity index (χ1n) is 8.60. The zero-order chi connectivity index (χ0) is 18.9. The highest BCUT2D eigenvalue weighted by atomic mass is 32.1. The van der Waals surface area contributed by atoms with Crippen LogP contribution in [-0.4, -0.2) is 23.7 Å². The number of amides is 1. The largest absolute Gasteiger partial charge is 0.493 e. The molecule has 0 aliphatic carbocycles. The highest BCUT2D eigenvalue weighted by molar-refractivity contribution is 7.80. The maximum absolute atomic E-state index is 12.5. The number of para-hydroxylation sites is 1. The van der Waals surface area contributed by atoms with Crippen LogP contribution in [0.1, 0.15) is 37.6 Å². The molecule has 0 saturated carbocycles. The molecule has 0 atom stereocenters. The van der Waals surface area contributed by atoms with Crippen molar-refractivity contribution in [3.63, 3.8) is 0 Å². The summed E-state index contributed by atoms with van der Waals surface area (Å²) in [6.45, 7) is 6.49. The average molecular weight is 372 g/mol. The van der Waals surface area contributed by atoms with Crippen molar-refractivity contribution in [2.45, 2.75) is 33.3 Å². The molecule has 0 spiro atoms. The van der Waals surface area contributed by atoms with Crippen LogP contribution in [0.5, 0.6) is 11.5 Å². The fraction of sp³-hybridized carbons (Fsp3) is 0.300. The van der Waals surface area contributed by atoms with E-state index in [1.54, 1.807) is 18.2 Å². The molecule has 0 saturated heterocycles. The molecule has 2 aromatic carbocycles.